The van der Waals surface area contributed by atoms with Gasteiger partial charge in [0.15, 0.2) is 0 Å². The van der Waals surface area contributed by atoms with Crippen molar-refractivity contribution in [3.05, 3.63) is 35.6 Å². The summed E-state index contributed by atoms with van der Waals surface area (Å²) in [5.74, 6) is 1.00. The zero-order chi connectivity index (χ0) is 9.97. The molecule has 1 nitrogen and oxygen atoms in total. The second kappa shape index (κ2) is 4.32. The maximum absolute atomic E-state index is 12.7. The molecular formula is C11H14FNS. The number of benzene rings is 1. The van der Waals surface area contributed by atoms with Crippen LogP contribution in [-0.2, 0) is 0 Å². The lowest BCUT2D eigenvalue weighted by Crippen LogP contribution is -2.35. The van der Waals surface area contributed by atoms with Crippen molar-refractivity contribution in [2.75, 3.05) is 12.3 Å². The number of thioether (sulfide) groups is 1. The quantitative estimate of drug-likeness (QED) is 0.766. The van der Waals surface area contributed by atoms with E-state index in [1.807, 2.05) is 23.9 Å². The van der Waals surface area contributed by atoms with Crippen LogP contribution in [0.15, 0.2) is 24.3 Å². The predicted molar refractivity (Wildman–Crippen MR) is 59.1 cm³/mol. The molecule has 0 amide bonds. The molecule has 14 heavy (non-hydrogen) atoms. The predicted octanol–water partition coefficient (Wildman–Crippen LogP) is 2.59. The molecule has 0 aromatic heterocycles. The molecule has 1 heterocycles. The first kappa shape index (κ1) is 9.99. The van der Waals surface area contributed by atoms with Gasteiger partial charge < -0.3 is 5.32 Å². The molecule has 1 aliphatic rings. The Morgan fingerprint density at radius 1 is 1.36 bits per heavy atom. The van der Waals surface area contributed by atoms with Gasteiger partial charge in [-0.05, 0) is 17.7 Å². The van der Waals surface area contributed by atoms with Gasteiger partial charge in [-0.25, -0.2) is 4.39 Å². The van der Waals surface area contributed by atoms with E-state index in [9.17, 15) is 4.39 Å². The number of halogens is 1. The molecule has 76 valence electrons. The average molecular weight is 211 g/mol. The first-order valence-electron chi connectivity index (χ1n) is 4.88. The fourth-order valence-electron chi connectivity index (χ4n) is 1.78. The van der Waals surface area contributed by atoms with E-state index in [0.29, 0.717) is 11.3 Å². The van der Waals surface area contributed by atoms with Crippen molar-refractivity contribution >= 4 is 11.8 Å². The van der Waals surface area contributed by atoms with Crippen LogP contribution in [0.2, 0.25) is 0 Å². The van der Waals surface area contributed by atoms with Crippen molar-refractivity contribution < 1.29 is 4.39 Å². The van der Waals surface area contributed by atoms with Crippen molar-refractivity contribution in [2.24, 2.45) is 0 Å². The number of hydrogen-bond acceptors (Lipinski definition) is 2. The highest BCUT2D eigenvalue weighted by Gasteiger charge is 2.22. The van der Waals surface area contributed by atoms with E-state index in [0.717, 1.165) is 6.54 Å². The number of hydrogen-bond donors (Lipinski definition) is 1. The van der Waals surface area contributed by atoms with Crippen molar-refractivity contribution in [1.29, 1.82) is 0 Å². The molecule has 0 saturated carbocycles. The molecule has 0 radical (unpaired) electrons. The molecule has 2 rings (SSSR count). The Kier molecular flexibility index (Phi) is 3.08. The topological polar surface area (TPSA) is 12.0 Å². The summed E-state index contributed by atoms with van der Waals surface area (Å²) in [4.78, 5) is 0. The highest BCUT2D eigenvalue weighted by molar-refractivity contribution is 8.00. The van der Waals surface area contributed by atoms with Gasteiger partial charge in [0.2, 0.25) is 0 Å². The number of rotatable bonds is 1. The van der Waals surface area contributed by atoms with E-state index in [-0.39, 0.29) is 5.82 Å². The average Bonchev–Trinajstić information content (AvgIpc) is 2.20. The molecule has 1 aromatic rings. The smallest absolute Gasteiger partial charge is 0.123 e. The molecule has 2 unspecified atom stereocenters. The minimum absolute atomic E-state index is 0.162. The molecule has 1 aliphatic heterocycles. The Hall–Kier alpha value is -0.540. The van der Waals surface area contributed by atoms with Crippen molar-refractivity contribution in [3.63, 3.8) is 0 Å². The summed E-state index contributed by atoms with van der Waals surface area (Å²) in [7, 11) is 0. The summed E-state index contributed by atoms with van der Waals surface area (Å²) in [5, 5.41) is 4.03. The van der Waals surface area contributed by atoms with Crippen molar-refractivity contribution in [2.45, 2.75) is 18.2 Å². The summed E-state index contributed by atoms with van der Waals surface area (Å²) < 4.78 is 12.7. The van der Waals surface area contributed by atoms with E-state index in [1.165, 1.54) is 23.4 Å². The van der Waals surface area contributed by atoms with Crippen LogP contribution in [0.25, 0.3) is 0 Å². The van der Waals surface area contributed by atoms with Gasteiger partial charge in [-0.3, -0.25) is 0 Å². The molecule has 0 aliphatic carbocycles. The fraction of sp³-hybridized carbons (Fsp3) is 0.455. The molecule has 0 bridgehead atoms. The largest absolute Gasteiger partial charge is 0.308 e. The van der Waals surface area contributed by atoms with Gasteiger partial charge in [-0.1, -0.05) is 19.1 Å². The maximum Gasteiger partial charge on any atom is 0.123 e. The lowest BCUT2D eigenvalue weighted by molar-refractivity contribution is 0.533. The van der Waals surface area contributed by atoms with Gasteiger partial charge in [-0.15, -0.1) is 0 Å². The third-order valence-corrected chi connectivity index (χ3v) is 3.78. The molecule has 2 atom stereocenters. The zero-order valence-electron chi connectivity index (χ0n) is 8.16. The summed E-state index contributed by atoms with van der Waals surface area (Å²) in [6.07, 6.45) is 0. The third-order valence-electron chi connectivity index (χ3n) is 2.55. The van der Waals surface area contributed by atoms with Crippen LogP contribution in [0.3, 0.4) is 0 Å². The Bertz CT molecular complexity index is 299. The summed E-state index contributed by atoms with van der Waals surface area (Å²) in [6, 6.07) is 7.17. The first-order valence-corrected chi connectivity index (χ1v) is 5.93. The van der Waals surface area contributed by atoms with Gasteiger partial charge in [0.1, 0.15) is 5.82 Å². The second-order valence-electron chi connectivity index (χ2n) is 3.56. The Balaban J connectivity index is 2.16. The van der Waals surface area contributed by atoms with Gasteiger partial charge in [0.05, 0.1) is 0 Å². The molecule has 0 spiro atoms. The van der Waals surface area contributed by atoms with Crippen LogP contribution in [-0.4, -0.2) is 17.5 Å². The van der Waals surface area contributed by atoms with E-state index >= 15 is 0 Å². The van der Waals surface area contributed by atoms with Crippen LogP contribution in [0.5, 0.6) is 0 Å². The van der Waals surface area contributed by atoms with Crippen LogP contribution < -0.4 is 5.32 Å². The van der Waals surface area contributed by atoms with Crippen LogP contribution in [0, 0.1) is 5.82 Å². The van der Waals surface area contributed by atoms with Crippen molar-refractivity contribution in [3.8, 4) is 0 Å². The van der Waals surface area contributed by atoms with Crippen LogP contribution in [0.4, 0.5) is 4.39 Å². The van der Waals surface area contributed by atoms with Gasteiger partial charge in [-0.2, -0.15) is 11.8 Å². The summed E-state index contributed by atoms with van der Waals surface area (Å²) in [5.41, 5.74) is 1.19. The lowest BCUT2D eigenvalue weighted by atomic mass is 10.0. The lowest BCUT2D eigenvalue weighted by Gasteiger charge is -2.30. The van der Waals surface area contributed by atoms with Gasteiger partial charge in [0.25, 0.3) is 0 Å². The maximum atomic E-state index is 12.7. The molecular weight excluding hydrogens is 197 g/mol. The minimum atomic E-state index is -0.162. The summed E-state index contributed by atoms with van der Waals surface area (Å²) >= 11 is 1.97. The zero-order valence-corrected chi connectivity index (χ0v) is 8.98. The standard InChI is InChI=1S/C11H14FNS/c1-8-11(13-6-7-14-8)9-2-4-10(12)5-3-9/h2-5,8,11,13H,6-7H2,1H3. The monoisotopic (exact) mass is 211 g/mol. The Morgan fingerprint density at radius 3 is 2.71 bits per heavy atom. The molecule has 1 saturated heterocycles. The normalized spacial score (nSPS) is 27.6. The molecule has 1 N–H and O–H groups in total. The van der Waals surface area contributed by atoms with Crippen LogP contribution >= 0.6 is 11.8 Å². The first-order chi connectivity index (χ1) is 6.77. The molecule has 1 aromatic carbocycles. The van der Waals surface area contributed by atoms with E-state index in [4.69, 9.17) is 0 Å². The second-order valence-corrected chi connectivity index (χ2v) is 5.04. The van der Waals surface area contributed by atoms with E-state index in [2.05, 4.69) is 12.2 Å². The molecule has 1 fully saturated rings. The van der Waals surface area contributed by atoms with Crippen molar-refractivity contribution in [1.82, 2.24) is 5.32 Å². The third kappa shape index (κ3) is 2.10. The molecule has 3 heteroatoms. The van der Waals surface area contributed by atoms with Gasteiger partial charge in [0, 0.05) is 23.6 Å². The highest BCUT2D eigenvalue weighted by Crippen LogP contribution is 2.29. The Labute approximate surface area is 88.1 Å². The van der Waals surface area contributed by atoms with E-state index < -0.39 is 0 Å². The van der Waals surface area contributed by atoms with Crippen LogP contribution in [0.1, 0.15) is 18.5 Å². The minimum Gasteiger partial charge on any atom is -0.308 e. The summed E-state index contributed by atoms with van der Waals surface area (Å²) in [6.45, 7) is 3.25. The van der Waals surface area contributed by atoms with E-state index in [1.54, 1.807) is 0 Å². The SMILES string of the molecule is CC1SCCNC1c1ccc(F)cc1. The number of nitrogens with one attached hydrogen (secondary N) is 1. The highest BCUT2D eigenvalue weighted by atomic mass is 32.2. The Morgan fingerprint density at radius 2 is 2.07 bits per heavy atom. The fourth-order valence-corrected chi connectivity index (χ4v) is 2.83. The van der Waals surface area contributed by atoms with Gasteiger partial charge >= 0.3 is 0 Å².